The Kier molecular flexibility index (Phi) is 7.05. The van der Waals surface area contributed by atoms with Crippen LogP contribution in [0.4, 0.5) is 0 Å². The summed E-state index contributed by atoms with van der Waals surface area (Å²) in [5.74, 6) is 0.837. The number of aliphatic hydroxyl groups excluding tert-OH is 1. The Morgan fingerprint density at radius 2 is 2.06 bits per heavy atom. The van der Waals surface area contributed by atoms with E-state index in [0.717, 1.165) is 24.4 Å². The van der Waals surface area contributed by atoms with Crippen LogP contribution >= 0.6 is 11.6 Å². The first-order valence-corrected chi connectivity index (χ1v) is 6.43. The number of ether oxygens (including phenoxy) is 1. The molecule has 0 saturated heterocycles. The lowest BCUT2D eigenvalue weighted by Crippen LogP contribution is -2.31. The predicted octanol–water partition coefficient (Wildman–Crippen LogP) is 1.41. The highest BCUT2D eigenvalue weighted by Crippen LogP contribution is 2.22. The molecule has 0 aliphatic heterocycles. The summed E-state index contributed by atoms with van der Waals surface area (Å²) in [6, 6.07) is 5.58. The van der Waals surface area contributed by atoms with Crippen LogP contribution in [0.5, 0.6) is 5.75 Å². The van der Waals surface area contributed by atoms with Gasteiger partial charge in [0.1, 0.15) is 5.75 Å². The van der Waals surface area contributed by atoms with Gasteiger partial charge in [0.15, 0.2) is 0 Å². The summed E-state index contributed by atoms with van der Waals surface area (Å²) in [4.78, 5) is 0. The largest absolute Gasteiger partial charge is 0.496 e. The highest BCUT2D eigenvalue weighted by atomic mass is 35.5. The van der Waals surface area contributed by atoms with Gasteiger partial charge in [-0.1, -0.05) is 11.6 Å². The average molecular weight is 273 g/mol. The fourth-order valence-electron chi connectivity index (χ4n) is 1.60. The van der Waals surface area contributed by atoms with Crippen molar-refractivity contribution in [2.75, 3.05) is 26.7 Å². The van der Waals surface area contributed by atoms with E-state index < -0.39 is 0 Å². The molecule has 1 aromatic rings. The van der Waals surface area contributed by atoms with Gasteiger partial charge in [-0.3, -0.25) is 0 Å². The summed E-state index contributed by atoms with van der Waals surface area (Å²) in [5.41, 5.74) is 1.04. The van der Waals surface area contributed by atoms with E-state index >= 15 is 0 Å². The monoisotopic (exact) mass is 272 g/mol. The summed E-state index contributed by atoms with van der Waals surface area (Å²) < 4.78 is 5.26. The van der Waals surface area contributed by atoms with Gasteiger partial charge in [0.2, 0.25) is 0 Å². The van der Waals surface area contributed by atoms with Gasteiger partial charge in [-0.25, -0.2) is 0 Å². The highest BCUT2D eigenvalue weighted by Gasteiger charge is 2.03. The molecule has 0 radical (unpaired) electrons. The van der Waals surface area contributed by atoms with Gasteiger partial charge in [0, 0.05) is 36.8 Å². The van der Waals surface area contributed by atoms with Crippen molar-refractivity contribution in [1.82, 2.24) is 10.6 Å². The number of benzene rings is 1. The van der Waals surface area contributed by atoms with Crippen molar-refractivity contribution in [1.29, 1.82) is 0 Å². The maximum atomic E-state index is 9.07. The zero-order valence-electron chi connectivity index (χ0n) is 10.9. The van der Waals surface area contributed by atoms with Crippen LogP contribution in [0.15, 0.2) is 18.2 Å². The molecule has 1 rings (SSSR count). The van der Waals surface area contributed by atoms with Crippen LogP contribution in [0, 0.1) is 0 Å². The molecular weight excluding hydrogens is 252 g/mol. The minimum absolute atomic E-state index is 0.307. The van der Waals surface area contributed by atoms with E-state index in [2.05, 4.69) is 10.6 Å². The number of nitrogens with one attached hydrogen (secondary N) is 2. The zero-order valence-corrected chi connectivity index (χ0v) is 11.6. The van der Waals surface area contributed by atoms with Crippen LogP contribution in [0.2, 0.25) is 5.02 Å². The molecule has 1 aromatic carbocycles. The third-order valence-corrected chi connectivity index (χ3v) is 2.71. The number of halogens is 1. The van der Waals surface area contributed by atoms with Gasteiger partial charge < -0.3 is 20.5 Å². The van der Waals surface area contributed by atoms with E-state index in [9.17, 15) is 0 Å². The first-order valence-electron chi connectivity index (χ1n) is 6.05. The molecule has 18 heavy (non-hydrogen) atoms. The van der Waals surface area contributed by atoms with Crippen LogP contribution in [0.1, 0.15) is 12.5 Å². The lowest BCUT2D eigenvalue weighted by Gasteiger charge is -2.11. The Morgan fingerprint density at radius 3 is 2.72 bits per heavy atom. The molecule has 0 amide bonds. The van der Waals surface area contributed by atoms with E-state index in [1.54, 1.807) is 14.0 Å². The van der Waals surface area contributed by atoms with Crippen LogP contribution in [0.3, 0.4) is 0 Å². The molecule has 4 nitrogen and oxygen atoms in total. The van der Waals surface area contributed by atoms with E-state index in [-0.39, 0.29) is 6.10 Å². The van der Waals surface area contributed by atoms with Gasteiger partial charge in [-0.15, -0.1) is 0 Å². The molecule has 0 aliphatic rings. The van der Waals surface area contributed by atoms with Crippen LogP contribution in [-0.4, -0.2) is 38.0 Å². The maximum Gasteiger partial charge on any atom is 0.123 e. The standard InChI is InChI=1S/C13H21ClN2O2/c1-10(17)8-15-5-6-16-9-11-7-12(14)3-4-13(11)18-2/h3-4,7,10,15-17H,5-6,8-9H2,1-2H3/t10-/m1/s1. The first-order chi connectivity index (χ1) is 8.63. The molecule has 0 fully saturated rings. The normalized spacial score (nSPS) is 12.4. The molecule has 0 unspecified atom stereocenters. The second-order valence-corrected chi connectivity index (χ2v) is 4.62. The number of hydrogen-bond acceptors (Lipinski definition) is 4. The van der Waals surface area contributed by atoms with Gasteiger partial charge in [-0.05, 0) is 25.1 Å². The molecule has 5 heteroatoms. The smallest absolute Gasteiger partial charge is 0.123 e. The second-order valence-electron chi connectivity index (χ2n) is 4.19. The number of hydrogen-bond donors (Lipinski definition) is 3. The van der Waals surface area contributed by atoms with Crippen LogP contribution < -0.4 is 15.4 Å². The van der Waals surface area contributed by atoms with Crippen molar-refractivity contribution in [3.05, 3.63) is 28.8 Å². The summed E-state index contributed by atoms with van der Waals surface area (Å²) in [6.45, 7) is 4.72. The zero-order chi connectivity index (χ0) is 13.4. The quantitative estimate of drug-likeness (QED) is 0.627. The Balaban J connectivity index is 2.28. The van der Waals surface area contributed by atoms with Crippen LogP contribution in [-0.2, 0) is 6.54 Å². The molecule has 0 aliphatic carbocycles. The van der Waals surface area contributed by atoms with Gasteiger partial charge in [0.05, 0.1) is 13.2 Å². The van der Waals surface area contributed by atoms with Crippen LogP contribution in [0.25, 0.3) is 0 Å². The minimum atomic E-state index is -0.307. The van der Waals surface area contributed by atoms with Crippen molar-refractivity contribution in [2.45, 2.75) is 19.6 Å². The number of methoxy groups -OCH3 is 1. The van der Waals surface area contributed by atoms with E-state index in [4.69, 9.17) is 21.4 Å². The Bertz CT molecular complexity index is 359. The number of rotatable bonds is 8. The molecule has 0 heterocycles. The Hall–Kier alpha value is -0.810. The SMILES string of the molecule is COc1ccc(Cl)cc1CNCCNC[C@@H](C)O. The van der Waals surface area contributed by atoms with Crippen molar-refractivity contribution in [2.24, 2.45) is 0 Å². The lowest BCUT2D eigenvalue weighted by molar-refractivity contribution is 0.191. The highest BCUT2D eigenvalue weighted by molar-refractivity contribution is 6.30. The summed E-state index contributed by atoms with van der Waals surface area (Å²) in [5, 5.41) is 16.2. The molecule has 0 spiro atoms. The fourth-order valence-corrected chi connectivity index (χ4v) is 1.79. The molecule has 0 bridgehead atoms. The molecule has 3 N–H and O–H groups in total. The number of aliphatic hydroxyl groups is 1. The van der Waals surface area contributed by atoms with Crippen molar-refractivity contribution < 1.29 is 9.84 Å². The summed E-state index contributed by atoms with van der Waals surface area (Å²) in [6.07, 6.45) is -0.307. The van der Waals surface area contributed by atoms with E-state index in [0.29, 0.717) is 18.1 Å². The Morgan fingerprint density at radius 1 is 1.33 bits per heavy atom. The average Bonchev–Trinajstić information content (AvgIpc) is 2.33. The predicted molar refractivity (Wildman–Crippen MR) is 74.3 cm³/mol. The summed E-state index contributed by atoms with van der Waals surface area (Å²) >= 11 is 5.95. The molecule has 1 atom stereocenters. The van der Waals surface area contributed by atoms with Gasteiger partial charge in [-0.2, -0.15) is 0 Å². The third kappa shape index (κ3) is 5.69. The van der Waals surface area contributed by atoms with E-state index in [1.165, 1.54) is 0 Å². The molecular formula is C13H21ClN2O2. The topological polar surface area (TPSA) is 53.5 Å². The van der Waals surface area contributed by atoms with Crippen molar-refractivity contribution >= 4 is 11.6 Å². The third-order valence-electron chi connectivity index (χ3n) is 2.48. The Labute approximate surface area is 113 Å². The second kappa shape index (κ2) is 8.32. The fraction of sp³-hybridized carbons (Fsp3) is 0.538. The van der Waals surface area contributed by atoms with Crippen molar-refractivity contribution in [3.8, 4) is 5.75 Å². The maximum absolute atomic E-state index is 9.07. The molecule has 102 valence electrons. The van der Waals surface area contributed by atoms with Gasteiger partial charge in [0.25, 0.3) is 0 Å². The lowest BCUT2D eigenvalue weighted by atomic mass is 10.2. The molecule has 0 saturated carbocycles. The van der Waals surface area contributed by atoms with Gasteiger partial charge >= 0.3 is 0 Å². The molecule has 0 aromatic heterocycles. The first kappa shape index (κ1) is 15.2. The summed E-state index contributed by atoms with van der Waals surface area (Å²) in [7, 11) is 1.65. The minimum Gasteiger partial charge on any atom is -0.496 e. The van der Waals surface area contributed by atoms with E-state index in [1.807, 2.05) is 18.2 Å². The van der Waals surface area contributed by atoms with Crippen molar-refractivity contribution in [3.63, 3.8) is 0 Å².